The number of rotatable bonds is 6. The standard InChI is InChI=1S/C64H50N2O4/c1-33-15-45-25-49-29-55-57(63(69)65(61(55)67)59-13-11-41(17-35(59)3)53-21-37-5-7-43(53)19-37)31-51(49)27-47(45)23-39(33)9-10-40-24-48-28-52-32-58-56(30-50(52)26-46(48)16-34(40)2)62(68)66(64(58)70)60-14-12-42(18-36(60)4)54-22-38-6-8-44(54)20-38/h5-18,23-32,37-38,43-44,53-54H,19-22H2,1-4H3/b10-9-. The van der Waals surface area contributed by atoms with E-state index in [2.05, 4.69) is 123 Å². The fourth-order valence-electron chi connectivity index (χ4n) is 13.5. The van der Waals surface area contributed by atoms with Crippen molar-refractivity contribution in [3.05, 3.63) is 200 Å². The lowest BCUT2D eigenvalue weighted by Crippen LogP contribution is -2.30. The second-order valence-electron chi connectivity index (χ2n) is 21.4. The van der Waals surface area contributed by atoms with Gasteiger partial charge in [-0.2, -0.15) is 0 Å². The lowest BCUT2D eigenvalue weighted by atomic mass is 9.86. The lowest BCUT2D eigenvalue weighted by molar-refractivity contribution is 0.0910. The van der Waals surface area contributed by atoms with Crippen molar-refractivity contribution >= 4 is 90.2 Å². The Kier molecular flexibility index (Phi) is 8.79. The zero-order chi connectivity index (χ0) is 47.4. The molecule has 0 N–H and O–H groups in total. The third-order valence-electron chi connectivity index (χ3n) is 17.1. The van der Waals surface area contributed by atoms with Crippen molar-refractivity contribution in [3.63, 3.8) is 0 Å². The van der Waals surface area contributed by atoms with Crippen LogP contribution in [-0.4, -0.2) is 23.6 Å². The topological polar surface area (TPSA) is 74.8 Å². The molecule has 6 nitrogen and oxygen atoms in total. The minimum absolute atomic E-state index is 0.272. The maximum absolute atomic E-state index is 14.1. The largest absolute Gasteiger partial charge is 0.268 e. The molecule has 2 aliphatic heterocycles. The minimum atomic E-state index is -0.277. The van der Waals surface area contributed by atoms with E-state index >= 15 is 0 Å². The first-order valence-electron chi connectivity index (χ1n) is 25.0. The van der Waals surface area contributed by atoms with E-state index in [0.29, 0.717) is 69.1 Å². The van der Waals surface area contributed by atoms with Gasteiger partial charge in [0.1, 0.15) is 0 Å². The molecule has 0 aromatic heterocycles. The molecule has 8 aromatic carbocycles. The normalized spacial score (nSPS) is 23.1. The zero-order valence-corrected chi connectivity index (χ0v) is 39.7. The number of fused-ring (bicyclic) bond motifs is 10. The molecular formula is C64H50N2O4. The number of nitrogens with zero attached hydrogens (tertiary/aromatic N) is 2. The van der Waals surface area contributed by atoms with E-state index in [0.717, 1.165) is 76.5 Å². The summed E-state index contributed by atoms with van der Waals surface area (Å²) in [6.07, 6.45) is 18.5. The predicted octanol–water partition coefficient (Wildman–Crippen LogP) is 14.7. The van der Waals surface area contributed by atoms with Crippen LogP contribution in [0.2, 0.25) is 0 Å². The fourth-order valence-corrected chi connectivity index (χ4v) is 13.5. The van der Waals surface area contributed by atoms with E-state index in [1.165, 1.54) is 46.6 Å². The number of carbonyl (C=O) groups is 4. The van der Waals surface area contributed by atoms with Gasteiger partial charge in [-0.15, -0.1) is 0 Å². The van der Waals surface area contributed by atoms with Gasteiger partial charge < -0.3 is 0 Å². The van der Waals surface area contributed by atoms with Crippen LogP contribution in [0, 0.1) is 51.4 Å². The highest BCUT2D eigenvalue weighted by molar-refractivity contribution is 6.36. The number of hydrogen-bond acceptors (Lipinski definition) is 4. The summed E-state index contributed by atoms with van der Waals surface area (Å²) in [6.45, 7) is 8.25. The van der Waals surface area contributed by atoms with Crippen LogP contribution in [0.1, 0.15) is 123 Å². The van der Waals surface area contributed by atoms with Crippen molar-refractivity contribution in [1.82, 2.24) is 0 Å². The van der Waals surface area contributed by atoms with Crippen molar-refractivity contribution < 1.29 is 19.2 Å². The monoisotopic (exact) mass is 910 g/mol. The number of imide groups is 2. The van der Waals surface area contributed by atoms with Crippen molar-refractivity contribution in [1.29, 1.82) is 0 Å². The van der Waals surface area contributed by atoms with Gasteiger partial charge in [-0.05, 0) is 249 Å². The highest BCUT2D eigenvalue weighted by Gasteiger charge is 2.41. The van der Waals surface area contributed by atoms with Crippen LogP contribution in [0.15, 0.2) is 133 Å². The molecule has 8 aromatic rings. The van der Waals surface area contributed by atoms with E-state index < -0.39 is 0 Å². The number of amides is 4. The molecule has 4 aliphatic carbocycles. The van der Waals surface area contributed by atoms with Gasteiger partial charge in [-0.1, -0.05) is 72.9 Å². The molecule has 2 saturated carbocycles. The van der Waals surface area contributed by atoms with Crippen LogP contribution < -0.4 is 9.80 Å². The smallest absolute Gasteiger partial charge is 0.266 e. The Balaban J connectivity index is 0.736. The number of benzene rings is 8. The first kappa shape index (κ1) is 41.3. The quantitative estimate of drug-likeness (QED) is 0.0721. The Hall–Kier alpha value is -7.70. The number of anilines is 2. The molecule has 70 heavy (non-hydrogen) atoms. The van der Waals surface area contributed by atoms with Gasteiger partial charge in [-0.3, -0.25) is 19.2 Å². The van der Waals surface area contributed by atoms with E-state index in [9.17, 15) is 19.2 Å². The van der Waals surface area contributed by atoms with Gasteiger partial charge in [0.05, 0.1) is 33.6 Å². The molecule has 6 unspecified atom stereocenters. The van der Waals surface area contributed by atoms with Crippen molar-refractivity contribution in [2.75, 3.05) is 9.80 Å². The summed E-state index contributed by atoms with van der Waals surface area (Å²) in [5.74, 6) is 2.41. The molecular weight excluding hydrogens is 861 g/mol. The zero-order valence-electron chi connectivity index (χ0n) is 39.7. The van der Waals surface area contributed by atoms with Gasteiger partial charge in [-0.25, -0.2) is 9.80 Å². The average Bonchev–Trinajstić information content (AvgIpc) is 4.23. The van der Waals surface area contributed by atoms with Crippen LogP contribution >= 0.6 is 0 Å². The molecule has 6 heteroatoms. The highest BCUT2D eigenvalue weighted by Crippen LogP contribution is 2.51. The van der Waals surface area contributed by atoms with Gasteiger partial charge in [0.15, 0.2) is 0 Å². The molecule has 2 heterocycles. The van der Waals surface area contributed by atoms with Crippen molar-refractivity contribution in [3.8, 4) is 0 Å². The van der Waals surface area contributed by atoms with Crippen LogP contribution in [0.4, 0.5) is 11.4 Å². The van der Waals surface area contributed by atoms with Crippen LogP contribution in [0.3, 0.4) is 0 Å². The van der Waals surface area contributed by atoms with E-state index in [1.807, 2.05) is 50.2 Å². The van der Waals surface area contributed by atoms with Crippen LogP contribution in [-0.2, 0) is 0 Å². The summed E-state index contributed by atoms with van der Waals surface area (Å²) < 4.78 is 0. The summed E-state index contributed by atoms with van der Waals surface area (Å²) in [5, 5.41) is 7.92. The summed E-state index contributed by atoms with van der Waals surface area (Å²) in [7, 11) is 0. The SMILES string of the molecule is Cc1cc2cc3cc4c(cc3cc2cc1/C=C\c1cc2cc3cc5c(cc3cc2cc1C)C(=O)N(c1ccc(C2CC3C=CC2C3)cc1C)C5=O)C(=O)N(c1ccc(C2CC3C=CC2C3)cc1C)C4=O. The molecule has 340 valence electrons. The van der Waals surface area contributed by atoms with Gasteiger partial charge in [0.25, 0.3) is 23.6 Å². The first-order valence-corrected chi connectivity index (χ1v) is 25.0. The molecule has 4 amide bonds. The average molecular weight is 911 g/mol. The maximum Gasteiger partial charge on any atom is 0.266 e. The van der Waals surface area contributed by atoms with Gasteiger partial charge in [0.2, 0.25) is 0 Å². The summed E-state index contributed by atoms with van der Waals surface area (Å²) in [5.41, 5.74) is 12.0. The second-order valence-corrected chi connectivity index (χ2v) is 21.4. The second kappa shape index (κ2) is 14.9. The molecule has 0 spiro atoms. The third-order valence-corrected chi connectivity index (χ3v) is 17.1. The van der Waals surface area contributed by atoms with E-state index in [1.54, 1.807) is 0 Å². The number of hydrogen-bond donors (Lipinski definition) is 0. The third kappa shape index (κ3) is 6.18. The number of carbonyl (C=O) groups excluding carboxylic acids is 4. The van der Waals surface area contributed by atoms with Crippen LogP contribution in [0.25, 0.3) is 55.2 Å². The molecule has 2 fully saturated rings. The van der Waals surface area contributed by atoms with Crippen molar-refractivity contribution in [2.24, 2.45) is 23.7 Å². The highest BCUT2D eigenvalue weighted by atomic mass is 16.2. The molecule has 0 radical (unpaired) electrons. The first-order chi connectivity index (χ1) is 33.9. The Morgan fingerprint density at radius 1 is 0.371 bits per heavy atom. The Morgan fingerprint density at radius 2 is 0.714 bits per heavy atom. The van der Waals surface area contributed by atoms with Gasteiger partial charge in [0, 0.05) is 0 Å². The molecule has 6 atom stereocenters. The Bertz CT molecular complexity index is 3620. The van der Waals surface area contributed by atoms with Gasteiger partial charge >= 0.3 is 0 Å². The Labute approximate surface area is 406 Å². The Morgan fingerprint density at radius 3 is 1.03 bits per heavy atom. The number of allylic oxidation sites excluding steroid dienone is 4. The van der Waals surface area contributed by atoms with Crippen LogP contribution in [0.5, 0.6) is 0 Å². The summed E-state index contributed by atoms with van der Waals surface area (Å²) in [4.78, 5) is 58.8. The minimum Gasteiger partial charge on any atom is -0.268 e. The molecule has 4 bridgehead atoms. The summed E-state index contributed by atoms with van der Waals surface area (Å²) >= 11 is 0. The fraction of sp³-hybridized carbons (Fsp3) is 0.219. The molecule has 6 aliphatic rings. The summed E-state index contributed by atoms with van der Waals surface area (Å²) in [6, 6.07) is 37.4. The van der Waals surface area contributed by atoms with E-state index in [-0.39, 0.29) is 23.6 Å². The lowest BCUT2D eigenvalue weighted by Gasteiger charge is -2.22. The molecule has 14 rings (SSSR count). The van der Waals surface area contributed by atoms with E-state index in [4.69, 9.17) is 0 Å². The molecule has 0 saturated heterocycles. The maximum atomic E-state index is 14.1. The van der Waals surface area contributed by atoms with Crippen molar-refractivity contribution in [2.45, 2.75) is 65.2 Å². The predicted molar refractivity (Wildman–Crippen MR) is 282 cm³/mol. The number of aryl methyl sites for hydroxylation is 4.